The van der Waals surface area contributed by atoms with Gasteiger partial charge in [-0.15, -0.1) is 0 Å². The molecule has 0 aliphatic carbocycles. The van der Waals surface area contributed by atoms with Gasteiger partial charge in [0, 0.05) is 19.2 Å². The van der Waals surface area contributed by atoms with E-state index in [1.54, 1.807) is 19.1 Å². The lowest BCUT2D eigenvalue weighted by molar-refractivity contribution is 0.0811. The van der Waals surface area contributed by atoms with E-state index in [0.29, 0.717) is 6.54 Å². The van der Waals surface area contributed by atoms with Crippen LogP contribution in [0.15, 0.2) is 24.3 Å². The van der Waals surface area contributed by atoms with Crippen LogP contribution in [0.3, 0.4) is 0 Å². The van der Waals surface area contributed by atoms with Crippen LogP contribution >= 0.6 is 0 Å². The molecule has 0 spiro atoms. The summed E-state index contributed by atoms with van der Waals surface area (Å²) in [5.41, 5.74) is 1.65. The van der Waals surface area contributed by atoms with Crippen LogP contribution < -0.4 is 4.74 Å². The Morgan fingerprint density at radius 3 is 2.93 bits per heavy atom. The number of ether oxygens (including phenoxy) is 1. The summed E-state index contributed by atoms with van der Waals surface area (Å²) in [4.78, 5) is 13.6. The Bertz CT molecular complexity index is 424. The molecule has 0 fully saturated rings. The highest BCUT2D eigenvalue weighted by atomic mass is 16.5. The van der Waals surface area contributed by atoms with Crippen molar-refractivity contribution in [3.63, 3.8) is 0 Å². The summed E-state index contributed by atoms with van der Waals surface area (Å²) in [6.07, 6.45) is 3.93. The molecule has 78 valence electrons. The van der Waals surface area contributed by atoms with Gasteiger partial charge in [0.05, 0.1) is 7.11 Å². The fourth-order valence-electron chi connectivity index (χ4n) is 1.63. The molecule has 0 saturated carbocycles. The predicted octanol–water partition coefficient (Wildman–Crippen LogP) is 1.79. The number of carbonyl (C=O) groups is 1. The number of carbonyl (C=O) groups excluding carboxylic acids is 1. The molecule has 0 bridgehead atoms. The zero-order valence-electron chi connectivity index (χ0n) is 8.86. The Balaban J connectivity index is 2.51. The smallest absolute Gasteiger partial charge is 0.254 e. The quantitative estimate of drug-likeness (QED) is 0.696. The molecule has 0 atom stereocenters. The topological polar surface area (TPSA) is 29.5 Å². The minimum Gasteiger partial charge on any atom is -0.497 e. The lowest BCUT2D eigenvalue weighted by atomic mass is 10.1. The van der Waals surface area contributed by atoms with Gasteiger partial charge in [0.2, 0.25) is 0 Å². The lowest BCUT2D eigenvalue weighted by Gasteiger charge is -2.14. The maximum absolute atomic E-state index is 11.9. The number of methoxy groups -OCH3 is 1. The molecule has 3 nitrogen and oxygen atoms in total. The van der Waals surface area contributed by atoms with Gasteiger partial charge >= 0.3 is 0 Å². The first-order valence-corrected chi connectivity index (χ1v) is 4.82. The highest BCUT2D eigenvalue weighted by Gasteiger charge is 2.16. The molecular formula is C12H13NO2. The van der Waals surface area contributed by atoms with E-state index in [1.807, 2.05) is 30.4 Å². The fourth-order valence-corrected chi connectivity index (χ4v) is 1.63. The minimum atomic E-state index is 0.0534. The van der Waals surface area contributed by atoms with Gasteiger partial charge in [0.25, 0.3) is 5.91 Å². The number of hydrogen-bond donors (Lipinski definition) is 0. The summed E-state index contributed by atoms with van der Waals surface area (Å²) < 4.78 is 5.12. The number of nitrogens with zero attached hydrogens (tertiary/aromatic N) is 1. The largest absolute Gasteiger partial charge is 0.497 e. The van der Waals surface area contributed by atoms with Gasteiger partial charge < -0.3 is 9.64 Å². The van der Waals surface area contributed by atoms with Crippen molar-refractivity contribution < 1.29 is 9.53 Å². The summed E-state index contributed by atoms with van der Waals surface area (Å²) in [5, 5.41) is 0. The summed E-state index contributed by atoms with van der Waals surface area (Å²) in [7, 11) is 3.42. The maximum atomic E-state index is 11.9. The van der Waals surface area contributed by atoms with Crippen molar-refractivity contribution in [1.82, 2.24) is 4.90 Å². The number of likely N-dealkylation sites (N-methyl/N-ethyl adjacent to an activating group) is 1. The van der Waals surface area contributed by atoms with E-state index < -0.39 is 0 Å². The van der Waals surface area contributed by atoms with Gasteiger partial charge in [0.1, 0.15) is 5.75 Å². The molecule has 0 N–H and O–H groups in total. The number of hydrogen-bond acceptors (Lipinski definition) is 2. The van der Waals surface area contributed by atoms with Crippen LogP contribution in [-0.2, 0) is 0 Å². The zero-order chi connectivity index (χ0) is 10.8. The summed E-state index contributed by atoms with van der Waals surface area (Å²) >= 11 is 0. The zero-order valence-corrected chi connectivity index (χ0v) is 8.86. The number of rotatable bonds is 1. The van der Waals surface area contributed by atoms with Crippen LogP contribution in [0.2, 0.25) is 0 Å². The van der Waals surface area contributed by atoms with Crippen molar-refractivity contribution in [3.05, 3.63) is 35.4 Å². The predicted molar refractivity (Wildman–Crippen MR) is 59.0 cm³/mol. The molecule has 1 aromatic carbocycles. The van der Waals surface area contributed by atoms with E-state index in [-0.39, 0.29) is 5.91 Å². The van der Waals surface area contributed by atoms with Crippen molar-refractivity contribution in [2.45, 2.75) is 0 Å². The van der Waals surface area contributed by atoms with E-state index in [9.17, 15) is 4.79 Å². The standard InChI is InChI=1S/C12H13NO2/c1-13-7-3-4-9-8-10(15-2)5-6-11(9)12(13)14/h3-6,8H,7H2,1-2H3. The molecular weight excluding hydrogens is 190 g/mol. The first-order chi connectivity index (χ1) is 7.22. The van der Waals surface area contributed by atoms with Gasteiger partial charge in [-0.05, 0) is 23.8 Å². The highest BCUT2D eigenvalue weighted by molar-refractivity contribution is 5.98. The van der Waals surface area contributed by atoms with Gasteiger partial charge in [-0.25, -0.2) is 0 Å². The average molecular weight is 203 g/mol. The molecule has 0 unspecified atom stereocenters. The van der Waals surface area contributed by atoms with Crippen LogP contribution in [0.5, 0.6) is 5.75 Å². The van der Waals surface area contributed by atoms with Crippen LogP contribution in [0.4, 0.5) is 0 Å². The molecule has 1 aliphatic rings. The van der Waals surface area contributed by atoms with Crippen molar-refractivity contribution in [1.29, 1.82) is 0 Å². The molecule has 1 heterocycles. The Morgan fingerprint density at radius 2 is 2.20 bits per heavy atom. The molecule has 3 heteroatoms. The second kappa shape index (κ2) is 3.77. The van der Waals surface area contributed by atoms with Crippen LogP contribution in [0, 0.1) is 0 Å². The monoisotopic (exact) mass is 203 g/mol. The Morgan fingerprint density at radius 1 is 1.40 bits per heavy atom. The number of benzene rings is 1. The molecule has 1 aromatic rings. The number of fused-ring (bicyclic) bond motifs is 1. The molecule has 0 saturated heterocycles. The third kappa shape index (κ3) is 1.73. The Hall–Kier alpha value is -1.77. The van der Waals surface area contributed by atoms with E-state index in [1.165, 1.54) is 0 Å². The average Bonchev–Trinajstić information content (AvgIpc) is 2.40. The van der Waals surface area contributed by atoms with E-state index in [2.05, 4.69) is 0 Å². The van der Waals surface area contributed by atoms with Gasteiger partial charge in [0.15, 0.2) is 0 Å². The molecule has 0 aromatic heterocycles. The van der Waals surface area contributed by atoms with E-state index in [4.69, 9.17) is 4.74 Å². The highest BCUT2D eigenvalue weighted by Crippen LogP contribution is 2.22. The van der Waals surface area contributed by atoms with E-state index >= 15 is 0 Å². The van der Waals surface area contributed by atoms with Crippen molar-refractivity contribution >= 4 is 12.0 Å². The minimum absolute atomic E-state index is 0.0534. The number of amides is 1. The first-order valence-electron chi connectivity index (χ1n) is 4.82. The molecule has 15 heavy (non-hydrogen) atoms. The maximum Gasteiger partial charge on any atom is 0.254 e. The third-order valence-corrected chi connectivity index (χ3v) is 2.51. The third-order valence-electron chi connectivity index (χ3n) is 2.51. The SMILES string of the molecule is COc1ccc2c(c1)C=CCN(C)C2=O. The van der Waals surface area contributed by atoms with Gasteiger partial charge in [-0.2, -0.15) is 0 Å². The van der Waals surface area contributed by atoms with Crippen LogP contribution in [0.25, 0.3) is 6.08 Å². The Labute approximate surface area is 89.0 Å². The molecule has 0 radical (unpaired) electrons. The van der Waals surface area contributed by atoms with Gasteiger partial charge in [-0.1, -0.05) is 12.2 Å². The molecule has 1 amide bonds. The van der Waals surface area contributed by atoms with Crippen LogP contribution in [0.1, 0.15) is 15.9 Å². The molecule has 1 aliphatic heterocycles. The normalized spacial score (nSPS) is 14.8. The summed E-state index contributed by atoms with van der Waals surface area (Å²) in [5.74, 6) is 0.827. The fraction of sp³-hybridized carbons (Fsp3) is 0.250. The van der Waals surface area contributed by atoms with Crippen LogP contribution in [-0.4, -0.2) is 31.5 Å². The van der Waals surface area contributed by atoms with Crippen molar-refractivity contribution in [2.75, 3.05) is 20.7 Å². The second-order valence-electron chi connectivity index (χ2n) is 3.54. The van der Waals surface area contributed by atoms with Gasteiger partial charge in [-0.3, -0.25) is 4.79 Å². The summed E-state index contributed by atoms with van der Waals surface area (Å²) in [6.45, 7) is 0.649. The van der Waals surface area contributed by atoms with Crippen molar-refractivity contribution in [2.24, 2.45) is 0 Å². The molecule has 2 rings (SSSR count). The lowest BCUT2D eigenvalue weighted by Crippen LogP contribution is -2.26. The Kier molecular flexibility index (Phi) is 2.46. The van der Waals surface area contributed by atoms with Crippen molar-refractivity contribution in [3.8, 4) is 5.75 Å². The van der Waals surface area contributed by atoms with E-state index in [0.717, 1.165) is 16.9 Å². The summed E-state index contributed by atoms with van der Waals surface area (Å²) in [6, 6.07) is 5.50. The first kappa shape index (κ1) is 9.77. The second-order valence-corrected chi connectivity index (χ2v) is 3.54.